The van der Waals surface area contributed by atoms with Gasteiger partial charge in [0.05, 0.1) is 11.6 Å². The number of likely N-dealkylation sites (N-methyl/N-ethyl adjacent to an activating group) is 1. The molecular weight excluding hydrogens is 336 g/mol. The van der Waals surface area contributed by atoms with Gasteiger partial charge in [0.15, 0.2) is 18.1 Å². The third kappa shape index (κ3) is 4.89. The van der Waals surface area contributed by atoms with Gasteiger partial charge in [0.25, 0.3) is 5.91 Å². The van der Waals surface area contributed by atoms with E-state index in [-0.39, 0.29) is 12.5 Å². The number of hydrogen-bond acceptors (Lipinski definition) is 4. The number of carbonyl (C=O) groups is 1. The topological polar surface area (TPSA) is 50.8 Å². The lowest BCUT2D eigenvalue weighted by Crippen LogP contribution is -2.34. The fourth-order valence-corrected chi connectivity index (χ4v) is 2.62. The van der Waals surface area contributed by atoms with E-state index in [1.165, 1.54) is 0 Å². The fraction of sp³-hybridized carbons (Fsp3) is 0.533. The smallest absolute Gasteiger partial charge is 0.260 e. The molecule has 0 aliphatic heterocycles. The van der Waals surface area contributed by atoms with Crippen molar-refractivity contribution in [3.8, 4) is 11.5 Å². The molecular formula is C15H23BrN2O3. The van der Waals surface area contributed by atoms with Gasteiger partial charge in [-0.1, -0.05) is 0 Å². The lowest BCUT2D eigenvalue weighted by Gasteiger charge is -2.20. The molecule has 0 bridgehead atoms. The van der Waals surface area contributed by atoms with Gasteiger partial charge in [-0.3, -0.25) is 4.79 Å². The summed E-state index contributed by atoms with van der Waals surface area (Å²) < 4.78 is 11.8. The van der Waals surface area contributed by atoms with Crippen molar-refractivity contribution in [1.29, 1.82) is 0 Å². The van der Waals surface area contributed by atoms with Gasteiger partial charge in [-0.2, -0.15) is 0 Å². The van der Waals surface area contributed by atoms with Crippen LogP contribution in [0, 0.1) is 0 Å². The van der Waals surface area contributed by atoms with Crippen molar-refractivity contribution >= 4 is 21.8 Å². The number of ether oxygens (including phenoxy) is 2. The van der Waals surface area contributed by atoms with Crippen LogP contribution in [0.5, 0.6) is 11.5 Å². The largest absolute Gasteiger partial charge is 0.493 e. The average Bonchev–Trinajstić information content (AvgIpc) is 2.47. The molecule has 6 heteroatoms. The second-order valence-corrected chi connectivity index (χ2v) is 5.35. The Balaban J connectivity index is 2.85. The summed E-state index contributed by atoms with van der Waals surface area (Å²) >= 11 is 3.47. The summed E-state index contributed by atoms with van der Waals surface area (Å²) in [7, 11) is 3.47. The molecule has 0 spiro atoms. The highest BCUT2D eigenvalue weighted by Gasteiger charge is 2.15. The number of methoxy groups -OCH3 is 1. The van der Waals surface area contributed by atoms with E-state index in [1.807, 2.05) is 33.0 Å². The zero-order valence-corrected chi connectivity index (χ0v) is 14.6. The van der Waals surface area contributed by atoms with Crippen LogP contribution >= 0.6 is 15.9 Å². The normalized spacial score (nSPS) is 10.3. The Morgan fingerprint density at radius 1 is 1.33 bits per heavy atom. The molecule has 1 rings (SSSR count). The van der Waals surface area contributed by atoms with Gasteiger partial charge in [0.1, 0.15) is 0 Å². The molecule has 118 valence electrons. The van der Waals surface area contributed by atoms with Gasteiger partial charge in [-0.15, -0.1) is 0 Å². The monoisotopic (exact) mass is 358 g/mol. The molecule has 0 unspecified atom stereocenters. The Hall–Kier alpha value is -1.27. The molecule has 0 atom stereocenters. The van der Waals surface area contributed by atoms with Crippen molar-refractivity contribution in [2.75, 3.05) is 33.9 Å². The molecule has 21 heavy (non-hydrogen) atoms. The minimum absolute atomic E-state index is 0.00200. The van der Waals surface area contributed by atoms with E-state index in [0.717, 1.165) is 16.6 Å². The number of nitrogens with zero attached hydrogens (tertiary/aromatic N) is 1. The number of nitrogens with one attached hydrogen (secondary N) is 1. The van der Waals surface area contributed by atoms with Crippen LogP contribution in [-0.2, 0) is 11.3 Å². The van der Waals surface area contributed by atoms with Crippen molar-refractivity contribution in [2.45, 2.75) is 20.4 Å². The Kier molecular flexibility index (Phi) is 7.53. The second-order valence-electron chi connectivity index (χ2n) is 4.49. The highest BCUT2D eigenvalue weighted by atomic mass is 79.9. The van der Waals surface area contributed by atoms with Crippen molar-refractivity contribution in [3.63, 3.8) is 0 Å². The van der Waals surface area contributed by atoms with Crippen LogP contribution in [0.4, 0.5) is 0 Å². The summed E-state index contributed by atoms with van der Waals surface area (Å²) in [6.07, 6.45) is 0. The third-order valence-electron chi connectivity index (χ3n) is 3.13. The van der Waals surface area contributed by atoms with Crippen LogP contribution in [-0.4, -0.2) is 44.7 Å². The lowest BCUT2D eigenvalue weighted by molar-refractivity contribution is -0.133. The molecule has 0 heterocycles. The number of benzene rings is 1. The molecule has 5 nitrogen and oxygen atoms in total. The molecule has 0 aliphatic rings. The second kappa shape index (κ2) is 8.89. The van der Waals surface area contributed by atoms with Gasteiger partial charge in [-0.25, -0.2) is 0 Å². The van der Waals surface area contributed by atoms with Crippen LogP contribution in [0.1, 0.15) is 19.4 Å². The Morgan fingerprint density at radius 2 is 2.00 bits per heavy atom. The highest BCUT2D eigenvalue weighted by Crippen LogP contribution is 2.36. The minimum atomic E-state index is -0.0340. The van der Waals surface area contributed by atoms with E-state index in [4.69, 9.17) is 9.47 Å². The van der Waals surface area contributed by atoms with Crippen molar-refractivity contribution < 1.29 is 14.3 Å². The van der Waals surface area contributed by atoms with Gasteiger partial charge in [0, 0.05) is 19.6 Å². The van der Waals surface area contributed by atoms with E-state index in [0.29, 0.717) is 24.6 Å². The molecule has 1 aromatic rings. The molecule has 0 fully saturated rings. The molecule has 1 aromatic carbocycles. The Labute approximate surface area is 134 Å². The standard InChI is InChI=1S/C15H23BrN2O3/c1-5-18(6-2)14(19)10-21-15-12(16)7-11(9-17-3)8-13(15)20-4/h7-8,17H,5-6,9-10H2,1-4H3. The van der Waals surface area contributed by atoms with Crippen LogP contribution in [0.25, 0.3) is 0 Å². The minimum Gasteiger partial charge on any atom is -0.493 e. The first-order valence-electron chi connectivity index (χ1n) is 6.98. The third-order valence-corrected chi connectivity index (χ3v) is 3.72. The summed E-state index contributed by atoms with van der Waals surface area (Å²) in [5.41, 5.74) is 1.07. The first kappa shape index (κ1) is 17.8. The predicted octanol–water partition coefficient (Wildman–Crippen LogP) is 2.42. The van der Waals surface area contributed by atoms with Gasteiger partial charge >= 0.3 is 0 Å². The van der Waals surface area contributed by atoms with Gasteiger partial charge in [-0.05, 0) is 54.5 Å². The SMILES string of the molecule is CCN(CC)C(=O)COc1c(Br)cc(CNC)cc1OC. The van der Waals surface area contributed by atoms with Gasteiger partial charge in [0.2, 0.25) is 0 Å². The maximum absolute atomic E-state index is 12.0. The van der Waals surface area contributed by atoms with Gasteiger partial charge < -0.3 is 19.7 Å². The zero-order chi connectivity index (χ0) is 15.8. The number of hydrogen-bond donors (Lipinski definition) is 1. The maximum atomic E-state index is 12.0. The first-order valence-corrected chi connectivity index (χ1v) is 7.78. The maximum Gasteiger partial charge on any atom is 0.260 e. The lowest BCUT2D eigenvalue weighted by atomic mass is 10.2. The molecule has 1 amide bonds. The summed E-state index contributed by atoms with van der Waals surface area (Å²) in [5.74, 6) is 1.13. The van der Waals surface area contributed by atoms with Crippen LogP contribution in [0.3, 0.4) is 0 Å². The van der Waals surface area contributed by atoms with Crippen molar-refractivity contribution in [2.24, 2.45) is 0 Å². The van der Waals surface area contributed by atoms with E-state index >= 15 is 0 Å². The number of carbonyl (C=O) groups excluding carboxylic acids is 1. The molecule has 0 aliphatic carbocycles. The zero-order valence-electron chi connectivity index (χ0n) is 13.0. The summed E-state index contributed by atoms with van der Waals surface area (Å²) in [6.45, 7) is 5.99. The molecule has 0 aromatic heterocycles. The summed E-state index contributed by atoms with van der Waals surface area (Å²) in [5, 5.41) is 3.08. The van der Waals surface area contributed by atoms with E-state index < -0.39 is 0 Å². The van der Waals surface area contributed by atoms with Crippen LogP contribution in [0.15, 0.2) is 16.6 Å². The van der Waals surface area contributed by atoms with E-state index in [2.05, 4.69) is 21.2 Å². The number of halogens is 1. The predicted molar refractivity (Wildman–Crippen MR) is 86.9 cm³/mol. The molecule has 0 saturated heterocycles. The molecule has 0 saturated carbocycles. The van der Waals surface area contributed by atoms with E-state index in [9.17, 15) is 4.79 Å². The number of rotatable bonds is 8. The first-order chi connectivity index (χ1) is 10.1. The molecule has 1 N–H and O–H groups in total. The highest BCUT2D eigenvalue weighted by molar-refractivity contribution is 9.10. The average molecular weight is 359 g/mol. The van der Waals surface area contributed by atoms with Crippen LogP contribution < -0.4 is 14.8 Å². The Morgan fingerprint density at radius 3 is 2.52 bits per heavy atom. The van der Waals surface area contributed by atoms with E-state index in [1.54, 1.807) is 12.0 Å². The van der Waals surface area contributed by atoms with Crippen LogP contribution in [0.2, 0.25) is 0 Å². The van der Waals surface area contributed by atoms with Crippen molar-refractivity contribution in [1.82, 2.24) is 10.2 Å². The molecule has 0 radical (unpaired) electrons. The Bertz CT molecular complexity index is 476. The van der Waals surface area contributed by atoms with Crippen molar-refractivity contribution in [3.05, 3.63) is 22.2 Å². The quantitative estimate of drug-likeness (QED) is 0.775. The fourth-order valence-electron chi connectivity index (χ4n) is 2.02. The summed E-state index contributed by atoms with van der Waals surface area (Å²) in [4.78, 5) is 13.7. The summed E-state index contributed by atoms with van der Waals surface area (Å²) in [6, 6.07) is 3.86. The number of amides is 1.